The van der Waals surface area contributed by atoms with Gasteiger partial charge in [-0.2, -0.15) is 0 Å². The van der Waals surface area contributed by atoms with E-state index in [2.05, 4.69) is 148 Å². The van der Waals surface area contributed by atoms with E-state index in [1.807, 2.05) is 12.1 Å². The quantitative estimate of drug-likeness (QED) is 0.0745. The zero-order valence-electron chi connectivity index (χ0n) is 32.1. The lowest BCUT2D eigenvalue weighted by Crippen LogP contribution is -2.68. The fraction of sp³-hybridized carbons (Fsp3) is 0.364. The van der Waals surface area contributed by atoms with Crippen LogP contribution in [0.5, 0.6) is 0 Å². The van der Waals surface area contributed by atoms with Crippen molar-refractivity contribution < 1.29 is 23.2 Å². The standard InChI is InChI=1S/C44H56N2O5Si2/c1-34(2)31-52(38-19-11-7-12-20-38,39-21-13-8-14-22-39)50-30-37-27-44(28-37,46-43(48)45-42(47)36(5)29-49-6)33-51-53(32-35(3)4,40-23-15-9-16-24-40)41-25-17-10-18-26-41/h7-26,29,34-35,37H,27-28,30-33H2,1-6H3,(H2,45,46,47,48). The van der Waals surface area contributed by atoms with Crippen molar-refractivity contribution >= 4 is 49.3 Å². The maximum Gasteiger partial charge on any atom is 0.322 e. The van der Waals surface area contributed by atoms with E-state index < -0.39 is 34.1 Å². The van der Waals surface area contributed by atoms with Crippen LogP contribution in [0.3, 0.4) is 0 Å². The zero-order valence-corrected chi connectivity index (χ0v) is 34.1. The Morgan fingerprint density at radius 2 is 1.09 bits per heavy atom. The Balaban J connectivity index is 1.45. The minimum absolute atomic E-state index is 0.186. The van der Waals surface area contributed by atoms with E-state index in [4.69, 9.17) is 13.6 Å². The molecule has 2 N–H and O–H groups in total. The molecule has 0 heterocycles. The summed E-state index contributed by atoms with van der Waals surface area (Å²) in [5.74, 6) is 0.488. The van der Waals surface area contributed by atoms with Crippen molar-refractivity contribution in [1.82, 2.24) is 10.6 Å². The van der Waals surface area contributed by atoms with Crippen molar-refractivity contribution in [2.75, 3.05) is 20.3 Å². The van der Waals surface area contributed by atoms with E-state index in [0.29, 0.717) is 43.5 Å². The highest BCUT2D eigenvalue weighted by Gasteiger charge is 2.51. The van der Waals surface area contributed by atoms with Crippen molar-refractivity contribution in [3.63, 3.8) is 0 Å². The molecular weight excluding hydrogens is 693 g/mol. The van der Waals surface area contributed by atoms with Gasteiger partial charge in [-0.3, -0.25) is 10.1 Å². The highest BCUT2D eigenvalue weighted by Crippen LogP contribution is 2.40. The number of ether oxygens (including phenoxy) is 1. The third kappa shape index (κ3) is 9.83. The molecule has 4 aromatic carbocycles. The predicted molar refractivity (Wildman–Crippen MR) is 220 cm³/mol. The van der Waals surface area contributed by atoms with Gasteiger partial charge in [0.25, 0.3) is 22.5 Å². The van der Waals surface area contributed by atoms with E-state index in [1.165, 1.54) is 34.1 Å². The molecule has 5 rings (SSSR count). The molecule has 0 radical (unpaired) electrons. The van der Waals surface area contributed by atoms with Crippen molar-refractivity contribution in [2.24, 2.45) is 17.8 Å². The van der Waals surface area contributed by atoms with Crippen LogP contribution in [0.15, 0.2) is 133 Å². The molecule has 0 aromatic heterocycles. The lowest BCUT2D eigenvalue weighted by Gasteiger charge is -2.50. The molecule has 1 fully saturated rings. The maximum absolute atomic E-state index is 13.5. The first kappa shape index (κ1) is 39.9. The Bertz CT molecular complexity index is 1700. The van der Waals surface area contributed by atoms with Crippen LogP contribution in [0.25, 0.3) is 0 Å². The second kappa shape index (κ2) is 18.2. The number of urea groups is 1. The van der Waals surface area contributed by atoms with Gasteiger partial charge in [0, 0.05) is 12.2 Å². The van der Waals surface area contributed by atoms with Gasteiger partial charge in [-0.1, -0.05) is 149 Å². The summed E-state index contributed by atoms with van der Waals surface area (Å²) in [6.45, 7) is 11.5. The smallest absolute Gasteiger partial charge is 0.322 e. The number of benzene rings is 4. The Morgan fingerprint density at radius 3 is 1.47 bits per heavy atom. The van der Waals surface area contributed by atoms with Crippen molar-refractivity contribution in [3.8, 4) is 0 Å². The summed E-state index contributed by atoms with van der Waals surface area (Å²) in [6, 6.07) is 43.8. The Labute approximate surface area is 318 Å². The first-order chi connectivity index (χ1) is 25.5. The van der Waals surface area contributed by atoms with Crippen LogP contribution in [-0.2, 0) is 18.4 Å². The molecule has 1 saturated carbocycles. The number of carbonyl (C=O) groups is 2. The van der Waals surface area contributed by atoms with Gasteiger partial charge in [0.1, 0.15) is 0 Å². The lowest BCUT2D eigenvalue weighted by molar-refractivity contribution is -0.116. The van der Waals surface area contributed by atoms with E-state index in [1.54, 1.807) is 6.92 Å². The van der Waals surface area contributed by atoms with Gasteiger partial charge < -0.3 is 18.9 Å². The first-order valence-corrected chi connectivity index (χ1v) is 23.1. The number of hydrogen-bond donors (Lipinski definition) is 2. The van der Waals surface area contributed by atoms with E-state index in [0.717, 1.165) is 12.1 Å². The monoisotopic (exact) mass is 748 g/mol. The van der Waals surface area contributed by atoms with Crippen LogP contribution in [0.1, 0.15) is 47.5 Å². The summed E-state index contributed by atoms with van der Waals surface area (Å²) in [6.07, 6.45) is 2.65. The molecule has 0 atom stereocenters. The van der Waals surface area contributed by atoms with Crippen molar-refractivity contribution in [3.05, 3.63) is 133 Å². The predicted octanol–water partition coefficient (Wildman–Crippen LogP) is 6.38. The van der Waals surface area contributed by atoms with Gasteiger partial charge in [-0.15, -0.1) is 0 Å². The molecule has 0 bridgehead atoms. The van der Waals surface area contributed by atoms with Crippen LogP contribution in [0.4, 0.5) is 4.79 Å². The molecule has 1 aliphatic rings. The van der Waals surface area contributed by atoms with Gasteiger partial charge in [-0.25, -0.2) is 4.79 Å². The highest BCUT2D eigenvalue weighted by atomic mass is 28.4. The molecular formula is C44H56N2O5Si2. The summed E-state index contributed by atoms with van der Waals surface area (Å²) in [5, 5.41) is 10.7. The number of methoxy groups -OCH3 is 1. The van der Waals surface area contributed by atoms with E-state index in [9.17, 15) is 9.59 Å². The number of amides is 3. The lowest BCUT2D eigenvalue weighted by atomic mass is 9.69. The fourth-order valence-corrected chi connectivity index (χ4v) is 16.7. The number of rotatable bonds is 17. The Kier molecular flexibility index (Phi) is 13.7. The maximum atomic E-state index is 13.5. The molecule has 0 spiro atoms. The van der Waals surface area contributed by atoms with Gasteiger partial charge >= 0.3 is 6.03 Å². The largest absolute Gasteiger partial charge is 0.504 e. The average Bonchev–Trinajstić information content (AvgIpc) is 3.15. The normalized spacial score (nSPS) is 17.7. The van der Waals surface area contributed by atoms with Crippen LogP contribution in [-0.4, -0.2) is 54.4 Å². The molecule has 4 aromatic rings. The second-order valence-corrected chi connectivity index (χ2v) is 22.4. The van der Waals surface area contributed by atoms with Gasteiger partial charge in [0.05, 0.1) is 25.5 Å². The van der Waals surface area contributed by atoms with Gasteiger partial charge in [0.15, 0.2) is 0 Å². The molecule has 3 amide bonds. The second-order valence-electron chi connectivity index (χ2n) is 15.4. The molecule has 0 unspecified atom stereocenters. The highest BCUT2D eigenvalue weighted by molar-refractivity contribution is 6.98. The van der Waals surface area contributed by atoms with Gasteiger partial charge in [-0.05, 0) is 70.4 Å². The topological polar surface area (TPSA) is 85.9 Å². The molecule has 280 valence electrons. The summed E-state index contributed by atoms with van der Waals surface area (Å²) >= 11 is 0. The van der Waals surface area contributed by atoms with Crippen LogP contribution < -0.4 is 31.4 Å². The zero-order chi connectivity index (χ0) is 37.9. The minimum Gasteiger partial charge on any atom is -0.504 e. The number of hydrogen-bond acceptors (Lipinski definition) is 5. The third-order valence-corrected chi connectivity index (χ3v) is 19.3. The van der Waals surface area contributed by atoms with Crippen LogP contribution in [0, 0.1) is 17.8 Å². The molecule has 0 saturated heterocycles. The average molecular weight is 749 g/mol. The Morgan fingerprint density at radius 1 is 0.698 bits per heavy atom. The van der Waals surface area contributed by atoms with E-state index in [-0.39, 0.29) is 5.92 Å². The first-order valence-electron chi connectivity index (χ1n) is 18.8. The Hall–Kier alpha value is -4.29. The molecule has 9 heteroatoms. The SMILES string of the molecule is COC=C(C)C(=O)NC(=O)NC1(CO[Si](CC(C)C)(c2ccccc2)c2ccccc2)CC(CO[Si](CC(C)C)(c2ccccc2)c2ccccc2)C1. The van der Waals surface area contributed by atoms with Gasteiger partial charge in [0.2, 0.25) is 0 Å². The number of nitrogens with one attached hydrogen (secondary N) is 2. The van der Waals surface area contributed by atoms with Crippen LogP contribution >= 0.6 is 0 Å². The van der Waals surface area contributed by atoms with E-state index >= 15 is 0 Å². The van der Waals surface area contributed by atoms with Crippen molar-refractivity contribution in [2.45, 2.75) is 65.1 Å². The van der Waals surface area contributed by atoms with Crippen molar-refractivity contribution in [1.29, 1.82) is 0 Å². The molecule has 53 heavy (non-hydrogen) atoms. The summed E-state index contributed by atoms with van der Waals surface area (Å²) in [7, 11) is -3.93. The molecule has 7 nitrogen and oxygen atoms in total. The fourth-order valence-electron chi connectivity index (χ4n) is 7.88. The van der Waals surface area contributed by atoms with Crippen LogP contribution in [0.2, 0.25) is 12.1 Å². The third-order valence-electron chi connectivity index (χ3n) is 10.1. The summed E-state index contributed by atoms with van der Waals surface area (Å²) in [5.41, 5.74) is -0.393. The minimum atomic E-state index is -2.78. The molecule has 0 aliphatic heterocycles. The summed E-state index contributed by atoms with van der Waals surface area (Å²) in [4.78, 5) is 26.4. The number of imide groups is 1. The molecule has 1 aliphatic carbocycles. The number of carbonyl (C=O) groups excluding carboxylic acids is 2. The summed E-state index contributed by atoms with van der Waals surface area (Å²) < 4.78 is 19.6.